The zero-order valence-corrected chi connectivity index (χ0v) is 14.2. The third-order valence-electron chi connectivity index (χ3n) is 4.10. The zero-order valence-electron chi connectivity index (χ0n) is 12.7. The van der Waals surface area contributed by atoms with Crippen LogP contribution in [0.2, 0.25) is 10.0 Å². The van der Waals surface area contributed by atoms with Gasteiger partial charge in [-0.25, -0.2) is 0 Å². The van der Waals surface area contributed by atoms with Crippen molar-refractivity contribution in [2.24, 2.45) is 11.7 Å². The number of benzene rings is 1. The largest absolute Gasteiger partial charge is 0.491 e. The third kappa shape index (κ3) is 4.77. The SMILES string of the molecule is CC(N)C1CCN(C(=O)CCOc2ccc(Cl)cc2Cl)CC1. The number of hydrogen-bond donors (Lipinski definition) is 1. The van der Waals surface area contributed by atoms with Crippen molar-refractivity contribution >= 4 is 29.1 Å². The molecular formula is C16H22Cl2N2O2. The van der Waals surface area contributed by atoms with Crippen LogP contribution in [-0.4, -0.2) is 36.5 Å². The Balaban J connectivity index is 1.74. The van der Waals surface area contributed by atoms with Crippen LogP contribution in [0.4, 0.5) is 0 Å². The summed E-state index contributed by atoms with van der Waals surface area (Å²) in [7, 11) is 0. The highest BCUT2D eigenvalue weighted by Gasteiger charge is 2.24. The van der Waals surface area contributed by atoms with Gasteiger partial charge in [-0.05, 0) is 43.9 Å². The second kappa shape index (κ2) is 8.04. The first-order valence-electron chi connectivity index (χ1n) is 7.58. The molecule has 1 atom stereocenters. The van der Waals surface area contributed by atoms with Crippen molar-refractivity contribution in [3.63, 3.8) is 0 Å². The zero-order chi connectivity index (χ0) is 16.1. The van der Waals surface area contributed by atoms with Crippen LogP contribution in [0.25, 0.3) is 0 Å². The predicted molar refractivity (Wildman–Crippen MR) is 89.5 cm³/mol. The van der Waals surface area contributed by atoms with Crippen LogP contribution in [0.15, 0.2) is 18.2 Å². The molecule has 1 aromatic rings. The number of nitrogens with two attached hydrogens (primary N) is 1. The Labute approximate surface area is 141 Å². The van der Waals surface area contributed by atoms with Gasteiger partial charge in [-0.3, -0.25) is 4.79 Å². The molecule has 1 aromatic carbocycles. The summed E-state index contributed by atoms with van der Waals surface area (Å²) in [6, 6.07) is 5.25. The summed E-state index contributed by atoms with van der Waals surface area (Å²) in [5.74, 6) is 1.19. The molecule has 2 N–H and O–H groups in total. The number of nitrogens with zero attached hydrogens (tertiary/aromatic N) is 1. The molecular weight excluding hydrogens is 323 g/mol. The van der Waals surface area contributed by atoms with E-state index in [0.29, 0.717) is 34.7 Å². The van der Waals surface area contributed by atoms with Crippen molar-refractivity contribution in [3.8, 4) is 5.75 Å². The summed E-state index contributed by atoms with van der Waals surface area (Å²) in [5.41, 5.74) is 5.91. The topological polar surface area (TPSA) is 55.6 Å². The van der Waals surface area contributed by atoms with Gasteiger partial charge in [0.25, 0.3) is 0 Å². The molecule has 1 saturated heterocycles. The smallest absolute Gasteiger partial charge is 0.225 e. The molecule has 122 valence electrons. The molecule has 1 aliphatic rings. The second-order valence-corrected chi connectivity index (χ2v) is 6.59. The van der Waals surface area contributed by atoms with Gasteiger partial charge in [-0.1, -0.05) is 23.2 Å². The number of ether oxygens (including phenoxy) is 1. The van der Waals surface area contributed by atoms with Gasteiger partial charge in [-0.15, -0.1) is 0 Å². The number of carbonyl (C=O) groups excluding carboxylic acids is 1. The van der Waals surface area contributed by atoms with E-state index in [1.807, 2.05) is 11.8 Å². The maximum atomic E-state index is 12.2. The molecule has 1 unspecified atom stereocenters. The van der Waals surface area contributed by atoms with Crippen molar-refractivity contribution in [2.45, 2.75) is 32.2 Å². The number of piperidine rings is 1. The van der Waals surface area contributed by atoms with Crippen LogP contribution in [-0.2, 0) is 4.79 Å². The van der Waals surface area contributed by atoms with E-state index in [1.165, 1.54) is 0 Å². The predicted octanol–water partition coefficient (Wildman–Crippen LogP) is 3.35. The number of likely N-dealkylation sites (tertiary alicyclic amines) is 1. The van der Waals surface area contributed by atoms with E-state index in [1.54, 1.807) is 18.2 Å². The number of hydrogen-bond acceptors (Lipinski definition) is 3. The number of amides is 1. The maximum Gasteiger partial charge on any atom is 0.225 e. The first-order chi connectivity index (χ1) is 10.5. The van der Waals surface area contributed by atoms with Crippen LogP contribution in [0, 0.1) is 5.92 Å². The monoisotopic (exact) mass is 344 g/mol. The Bertz CT molecular complexity index is 515. The maximum absolute atomic E-state index is 12.2. The molecule has 4 nitrogen and oxygen atoms in total. The van der Waals surface area contributed by atoms with Gasteiger partial charge >= 0.3 is 0 Å². The number of carbonyl (C=O) groups is 1. The van der Waals surface area contributed by atoms with Crippen molar-refractivity contribution in [3.05, 3.63) is 28.2 Å². The first kappa shape index (κ1) is 17.4. The number of halogens is 2. The second-order valence-electron chi connectivity index (χ2n) is 5.75. The van der Waals surface area contributed by atoms with E-state index < -0.39 is 0 Å². The Morgan fingerprint density at radius 1 is 1.41 bits per heavy atom. The molecule has 6 heteroatoms. The minimum absolute atomic E-state index is 0.119. The van der Waals surface area contributed by atoms with Crippen molar-refractivity contribution in [2.75, 3.05) is 19.7 Å². The molecule has 1 aliphatic heterocycles. The van der Waals surface area contributed by atoms with Crippen LogP contribution in [0.1, 0.15) is 26.2 Å². The molecule has 1 amide bonds. The standard InChI is InChI=1S/C16H22Cl2N2O2/c1-11(19)12-4-7-20(8-5-12)16(21)6-9-22-15-3-2-13(17)10-14(15)18/h2-3,10-12H,4-9,19H2,1H3. The summed E-state index contributed by atoms with van der Waals surface area (Å²) in [4.78, 5) is 14.1. The van der Waals surface area contributed by atoms with E-state index in [2.05, 4.69) is 0 Å². The van der Waals surface area contributed by atoms with Crippen molar-refractivity contribution in [1.82, 2.24) is 4.90 Å². The molecule has 2 rings (SSSR count). The van der Waals surface area contributed by atoms with E-state index in [4.69, 9.17) is 33.7 Å². The Kier molecular flexibility index (Phi) is 6.36. The molecule has 0 radical (unpaired) electrons. The summed E-state index contributed by atoms with van der Waals surface area (Å²) in [6.45, 7) is 3.92. The molecule has 22 heavy (non-hydrogen) atoms. The van der Waals surface area contributed by atoms with E-state index in [-0.39, 0.29) is 11.9 Å². The fourth-order valence-corrected chi connectivity index (χ4v) is 3.14. The highest BCUT2D eigenvalue weighted by Crippen LogP contribution is 2.27. The van der Waals surface area contributed by atoms with E-state index >= 15 is 0 Å². The molecule has 0 aromatic heterocycles. The summed E-state index contributed by atoms with van der Waals surface area (Å²) < 4.78 is 5.55. The average molecular weight is 345 g/mol. The molecule has 0 bridgehead atoms. The van der Waals surface area contributed by atoms with E-state index in [0.717, 1.165) is 25.9 Å². The van der Waals surface area contributed by atoms with E-state index in [9.17, 15) is 4.79 Å². The Morgan fingerprint density at radius 2 is 2.09 bits per heavy atom. The van der Waals surface area contributed by atoms with Gasteiger partial charge < -0.3 is 15.4 Å². The molecule has 0 aliphatic carbocycles. The average Bonchev–Trinajstić information content (AvgIpc) is 2.49. The molecule has 1 heterocycles. The lowest BCUT2D eigenvalue weighted by Gasteiger charge is -2.33. The Hall–Kier alpha value is -0.970. The van der Waals surface area contributed by atoms with Gasteiger partial charge in [0.05, 0.1) is 18.1 Å². The quantitative estimate of drug-likeness (QED) is 0.890. The fraction of sp³-hybridized carbons (Fsp3) is 0.562. The van der Waals surface area contributed by atoms with Crippen LogP contribution in [0.3, 0.4) is 0 Å². The number of rotatable bonds is 5. The van der Waals surface area contributed by atoms with Crippen molar-refractivity contribution in [1.29, 1.82) is 0 Å². The van der Waals surface area contributed by atoms with Gasteiger partial charge in [0, 0.05) is 24.2 Å². The lowest BCUT2D eigenvalue weighted by atomic mass is 9.91. The Morgan fingerprint density at radius 3 is 2.68 bits per heavy atom. The minimum atomic E-state index is 0.119. The third-order valence-corrected chi connectivity index (χ3v) is 4.63. The van der Waals surface area contributed by atoms with Crippen LogP contribution >= 0.6 is 23.2 Å². The lowest BCUT2D eigenvalue weighted by Crippen LogP contribution is -2.42. The van der Waals surface area contributed by atoms with Gasteiger partial charge in [0.15, 0.2) is 0 Å². The normalized spacial score (nSPS) is 17.4. The summed E-state index contributed by atoms with van der Waals surface area (Å²) in [6.07, 6.45) is 2.31. The molecule has 1 fully saturated rings. The highest BCUT2D eigenvalue weighted by atomic mass is 35.5. The summed E-state index contributed by atoms with van der Waals surface area (Å²) in [5, 5.41) is 1.02. The van der Waals surface area contributed by atoms with Crippen LogP contribution < -0.4 is 10.5 Å². The molecule has 0 saturated carbocycles. The lowest BCUT2D eigenvalue weighted by molar-refractivity contribution is -0.133. The minimum Gasteiger partial charge on any atom is -0.491 e. The van der Waals surface area contributed by atoms with Gasteiger partial charge in [-0.2, -0.15) is 0 Å². The van der Waals surface area contributed by atoms with Crippen molar-refractivity contribution < 1.29 is 9.53 Å². The first-order valence-corrected chi connectivity index (χ1v) is 8.34. The fourth-order valence-electron chi connectivity index (χ4n) is 2.67. The van der Waals surface area contributed by atoms with Gasteiger partial charge in [0.2, 0.25) is 5.91 Å². The summed E-state index contributed by atoms with van der Waals surface area (Å²) >= 11 is 11.8. The van der Waals surface area contributed by atoms with Crippen LogP contribution in [0.5, 0.6) is 5.75 Å². The van der Waals surface area contributed by atoms with Gasteiger partial charge in [0.1, 0.15) is 5.75 Å². The molecule has 0 spiro atoms. The highest BCUT2D eigenvalue weighted by molar-refractivity contribution is 6.35.